The Morgan fingerprint density at radius 3 is 2.61 bits per heavy atom. The monoisotopic (exact) mass is 290 g/mol. The number of ether oxygens (including phenoxy) is 1. The molecule has 9 heteroatoms. The number of halogens is 4. The third-order valence-electron chi connectivity index (χ3n) is 2.49. The van der Waals surface area contributed by atoms with Crippen molar-refractivity contribution in [3.63, 3.8) is 0 Å². The van der Waals surface area contributed by atoms with Crippen molar-refractivity contribution in [2.75, 3.05) is 13.2 Å². The van der Waals surface area contributed by atoms with E-state index in [1.54, 1.807) is 0 Å². The summed E-state index contributed by atoms with van der Waals surface area (Å²) in [5.41, 5.74) is 5.41. The number of amides is 1. The van der Waals surface area contributed by atoms with Crippen LogP contribution in [0.2, 0.25) is 0 Å². The first-order chi connectivity index (χ1) is 7.79. The topological polar surface area (TPSA) is 81.4 Å². The number of carbonyl (C=O) groups is 2. The molecule has 0 radical (unpaired) electrons. The number of rotatable bonds is 5. The fourth-order valence-corrected chi connectivity index (χ4v) is 1.57. The molecule has 0 aromatic rings. The molecule has 0 unspecified atom stereocenters. The van der Waals surface area contributed by atoms with Gasteiger partial charge < -0.3 is 11.1 Å². The number of nitrogens with two attached hydrogens (primary N) is 1. The summed E-state index contributed by atoms with van der Waals surface area (Å²) in [4.78, 5) is 22.4. The molecule has 18 heavy (non-hydrogen) atoms. The molecule has 0 aromatic heterocycles. The molecular weight excluding hydrogens is 277 g/mol. The Morgan fingerprint density at radius 1 is 1.56 bits per heavy atom. The minimum absolute atomic E-state index is 0. The van der Waals surface area contributed by atoms with Crippen molar-refractivity contribution in [2.24, 2.45) is 11.7 Å². The van der Waals surface area contributed by atoms with Gasteiger partial charge in [0.25, 0.3) is 0 Å². The Morgan fingerprint density at radius 2 is 2.17 bits per heavy atom. The third-order valence-corrected chi connectivity index (χ3v) is 2.49. The van der Waals surface area contributed by atoms with Crippen LogP contribution < -0.4 is 11.1 Å². The van der Waals surface area contributed by atoms with Crippen LogP contribution in [0.15, 0.2) is 0 Å². The van der Waals surface area contributed by atoms with Gasteiger partial charge in [-0.1, -0.05) is 0 Å². The summed E-state index contributed by atoms with van der Waals surface area (Å²) in [6.07, 6.45) is -4.26. The van der Waals surface area contributed by atoms with Gasteiger partial charge in [-0.05, 0) is 12.8 Å². The van der Waals surface area contributed by atoms with Crippen LogP contribution in [0.1, 0.15) is 12.8 Å². The van der Waals surface area contributed by atoms with E-state index in [0.29, 0.717) is 13.0 Å². The smallest absolute Gasteiger partial charge is 0.356 e. The first-order valence-electron chi connectivity index (χ1n) is 5.06. The van der Waals surface area contributed by atoms with Gasteiger partial charge in [-0.3, -0.25) is 14.3 Å². The Balaban J connectivity index is 0.00000289. The zero-order chi connectivity index (χ0) is 13.1. The third kappa shape index (κ3) is 5.65. The molecule has 1 heterocycles. The zero-order valence-corrected chi connectivity index (χ0v) is 10.1. The van der Waals surface area contributed by atoms with E-state index in [9.17, 15) is 22.8 Å². The second-order valence-corrected chi connectivity index (χ2v) is 3.82. The number of Topliss-reactive ketones (excluding diaryl/α,β-unsaturated/α-hetero) is 1. The van der Waals surface area contributed by atoms with Crippen molar-refractivity contribution < 1.29 is 27.5 Å². The van der Waals surface area contributed by atoms with Crippen molar-refractivity contribution in [3.8, 4) is 0 Å². The van der Waals surface area contributed by atoms with Crippen LogP contribution in [0.5, 0.6) is 0 Å². The normalized spacial score (nSPS) is 21.1. The van der Waals surface area contributed by atoms with Gasteiger partial charge in [0, 0.05) is 12.5 Å². The van der Waals surface area contributed by atoms with E-state index in [1.807, 2.05) is 0 Å². The van der Waals surface area contributed by atoms with E-state index in [0.717, 1.165) is 0 Å². The SMILES string of the molecule is Cl.N[C@@H](C[C@@H]1CCNC1=O)C(=O)COC(F)(F)F. The number of hydrogen-bond donors (Lipinski definition) is 2. The van der Waals surface area contributed by atoms with Gasteiger partial charge in [-0.25, -0.2) is 0 Å². The Hall–Kier alpha value is -0.860. The summed E-state index contributed by atoms with van der Waals surface area (Å²) in [6.45, 7) is -0.609. The minimum Gasteiger partial charge on any atom is -0.356 e. The van der Waals surface area contributed by atoms with Gasteiger partial charge in [0.2, 0.25) is 5.91 Å². The quantitative estimate of drug-likeness (QED) is 0.766. The fourth-order valence-electron chi connectivity index (χ4n) is 1.57. The molecule has 0 aromatic carbocycles. The lowest BCUT2D eigenvalue weighted by Crippen LogP contribution is -2.38. The number of alkyl halides is 3. The molecule has 1 rings (SSSR count). The highest BCUT2D eigenvalue weighted by Gasteiger charge is 2.33. The van der Waals surface area contributed by atoms with Crippen LogP contribution in [0.25, 0.3) is 0 Å². The van der Waals surface area contributed by atoms with Crippen molar-refractivity contribution >= 4 is 24.1 Å². The van der Waals surface area contributed by atoms with Crippen LogP contribution in [-0.2, 0) is 14.3 Å². The predicted octanol–water partition coefficient (Wildman–Crippen LogP) is 0.367. The maximum absolute atomic E-state index is 11.7. The van der Waals surface area contributed by atoms with E-state index in [1.165, 1.54) is 0 Å². The standard InChI is InChI=1S/C9H13F3N2O3.ClH/c10-9(11,12)17-4-7(15)6(13)3-5-1-2-14-8(5)16;/h5-6H,1-4,13H2,(H,14,16);1H/t5-,6-;/m0./s1. The first-order valence-corrected chi connectivity index (χ1v) is 5.06. The van der Waals surface area contributed by atoms with Crippen LogP contribution in [0.3, 0.4) is 0 Å². The second-order valence-electron chi connectivity index (χ2n) is 3.82. The van der Waals surface area contributed by atoms with Gasteiger partial charge in [-0.15, -0.1) is 25.6 Å². The number of ketones is 1. The van der Waals surface area contributed by atoms with E-state index >= 15 is 0 Å². The molecule has 5 nitrogen and oxygen atoms in total. The lowest BCUT2D eigenvalue weighted by atomic mass is 9.97. The fraction of sp³-hybridized carbons (Fsp3) is 0.778. The molecule has 1 aliphatic heterocycles. The lowest BCUT2D eigenvalue weighted by Gasteiger charge is -2.14. The summed E-state index contributed by atoms with van der Waals surface area (Å²) in [5.74, 6) is -1.48. The van der Waals surface area contributed by atoms with E-state index in [-0.39, 0.29) is 24.7 Å². The molecule has 0 aliphatic carbocycles. The van der Waals surface area contributed by atoms with Crippen LogP contribution in [-0.4, -0.2) is 37.2 Å². The molecule has 106 valence electrons. The lowest BCUT2D eigenvalue weighted by molar-refractivity contribution is -0.320. The highest BCUT2D eigenvalue weighted by Crippen LogP contribution is 2.18. The van der Waals surface area contributed by atoms with Crippen molar-refractivity contribution in [3.05, 3.63) is 0 Å². The van der Waals surface area contributed by atoms with Crippen molar-refractivity contribution in [1.29, 1.82) is 0 Å². The number of nitrogens with one attached hydrogen (secondary N) is 1. The van der Waals surface area contributed by atoms with Crippen LogP contribution in [0.4, 0.5) is 13.2 Å². The first kappa shape index (κ1) is 17.1. The predicted molar refractivity (Wildman–Crippen MR) is 58.0 cm³/mol. The molecule has 2 atom stereocenters. The second kappa shape index (κ2) is 6.91. The zero-order valence-electron chi connectivity index (χ0n) is 9.33. The maximum Gasteiger partial charge on any atom is 0.522 e. The van der Waals surface area contributed by atoms with Gasteiger partial charge >= 0.3 is 6.36 Å². The Bertz CT molecular complexity index is 312. The minimum atomic E-state index is -4.85. The van der Waals surface area contributed by atoms with Crippen LogP contribution in [0, 0.1) is 5.92 Å². The van der Waals surface area contributed by atoms with Gasteiger partial charge in [-0.2, -0.15) is 0 Å². The van der Waals surface area contributed by atoms with Gasteiger partial charge in [0.15, 0.2) is 5.78 Å². The maximum atomic E-state index is 11.7. The summed E-state index contributed by atoms with van der Waals surface area (Å²) >= 11 is 0. The van der Waals surface area contributed by atoms with Crippen molar-refractivity contribution in [2.45, 2.75) is 25.2 Å². The van der Waals surface area contributed by atoms with Crippen LogP contribution >= 0.6 is 12.4 Å². The van der Waals surface area contributed by atoms with Gasteiger partial charge in [0.05, 0.1) is 6.04 Å². The molecule has 0 spiro atoms. The highest BCUT2D eigenvalue weighted by molar-refractivity contribution is 5.86. The molecule has 0 bridgehead atoms. The summed E-state index contributed by atoms with van der Waals surface area (Å²) in [7, 11) is 0. The molecule has 1 aliphatic rings. The number of carbonyl (C=O) groups excluding carboxylic acids is 2. The molecule has 0 saturated carbocycles. The molecular formula is C9H14ClF3N2O3. The average Bonchev–Trinajstić information content (AvgIpc) is 2.59. The van der Waals surface area contributed by atoms with E-state index in [4.69, 9.17) is 5.73 Å². The molecule has 3 N–H and O–H groups in total. The Kier molecular flexibility index (Phi) is 6.58. The molecule has 1 fully saturated rings. The van der Waals surface area contributed by atoms with Crippen molar-refractivity contribution in [1.82, 2.24) is 5.32 Å². The van der Waals surface area contributed by atoms with E-state index < -0.39 is 30.7 Å². The summed E-state index contributed by atoms with van der Waals surface area (Å²) < 4.78 is 38.4. The highest BCUT2D eigenvalue weighted by atomic mass is 35.5. The summed E-state index contributed by atoms with van der Waals surface area (Å²) in [6, 6.07) is -1.11. The van der Waals surface area contributed by atoms with Gasteiger partial charge in [0.1, 0.15) is 6.61 Å². The van der Waals surface area contributed by atoms with E-state index in [2.05, 4.69) is 10.1 Å². The Labute approximate surface area is 108 Å². The summed E-state index contributed by atoms with van der Waals surface area (Å²) in [5, 5.41) is 2.55. The number of hydrogen-bond acceptors (Lipinski definition) is 4. The average molecular weight is 291 g/mol. The largest absolute Gasteiger partial charge is 0.522 e. The molecule has 1 saturated heterocycles. The molecule has 1 amide bonds.